The van der Waals surface area contributed by atoms with E-state index in [0.29, 0.717) is 0 Å². The molecule has 1 heterocycles. The standard InChI is InChI=1S/C5H11NO2.CH3NO/c1-3(2)4(6)5(7)8;1-2-3-1/h3-4H,6H2,1-2H3,(H,7,8);2H,1H2/t4-;/m0./s1. The topological polar surface area (TPSA) is 97.8 Å². The van der Waals surface area contributed by atoms with Crippen LogP contribution in [0, 0.1) is 5.92 Å². The van der Waals surface area contributed by atoms with Crippen LogP contribution < -0.4 is 11.2 Å². The summed E-state index contributed by atoms with van der Waals surface area (Å²) in [7, 11) is 0. The Bertz CT molecular complexity index is 122. The summed E-state index contributed by atoms with van der Waals surface area (Å²) in [5.74, 6) is -0.910. The van der Waals surface area contributed by atoms with Crippen molar-refractivity contribution in [3.8, 4) is 0 Å². The molecule has 5 nitrogen and oxygen atoms in total. The molecule has 0 spiro atoms. The van der Waals surface area contributed by atoms with Gasteiger partial charge in [0.1, 0.15) is 12.8 Å². The normalized spacial score (nSPS) is 16.7. The number of rotatable bonds is 2. The Morgan fingerprint density at radius 1 is 1.73 bits per heavy atom. The van der Waals surface area contributed by atoms with Gasteiger partial charge in [-0.2, -0.15) is 5.48 Å². The molecule has 11 heavy (non-hydrogen) atoms. The molecule has 1 aliphatic heterocycles. The van der Waals surface area contributed by atoms with E-state index in [0.717, 1.165) is 6.73 Å². The molecule has 1 saturated heterocycles. The van der Waals surface area contributed by atoms with Gasteiger partial charge in [0.25, 0.3) is 0 Å². The van der Waals surface area contributed by atoms with Crippen LogP contribution >= 0.6 is 0 Å². The van der Waals surface area contributed by atoms with Gasteiger partial charge in [-0.1, -0.05) is 13.8 Å². The number of nitrogens with one attached hydrogen (secondary N) is 1. The summed E-state index contributed by atoms with van der Waals surface area (Å²) in [6.07, 6.45) is 0. The molecule has 1 atom stereocenters. The Hall–Kier alpha value is -0.650. The van der Waals surface area contributed by atoms with Crippen LogP contribution in [0.5, 0.6) is 0 Å². The van der Waals surface area contributed by atoms with Gasteiger partial charge in [0, 0.05) is 0 Å². The van der Waals surface area contributed by atoms with Crippen LogP contribution in [0.4, 0.5) is 0 Å². The molecule has 0 unspecified atom stereocenters. The average Bonchev–Trinajstić information content (AvgIpc) is 2.69. The summed E-state index contributed by atoms with van der Waals surface area (Å²) in [5.41, 5.74) is 7.66. The molecule has 0 aromatic heterocycles. The van der Waals surface area contributed by atoms with Gasteiger partial charge in [-0.15, -0.1) is 0 Å². The van der Waals surface area contributed by atoms with E-state index in [2.05, 4.69) is 10.3 Å². The molecule has 1 fully saturated rings. The van der Waals surface area contributed by atoms with Crippen LogP contribution in [0.15, 0.2) is 0 Å². The summed E-state index contributed by atoms with van der Waals surface area (Å²) in [5, 5.41) is 8.23. The highest BCUT2D eigenvalue weighted by Gasteiger charge is 2.14. The molecule has 0 aliphatic carbocycles. The van der Waals surface area contributed by atoms with Crippen molar-refractivity contribution in [2.75, 3.05) is 6.73 Å². The molecule has 4 N–H and O–H groups in total. The van der Waals surface area contributed by atoms with Crippen molar-refractivity contribution in [2.24, 2.45) is 11.7 Å². The number of carbonyl (C=O) groups is 1. The highest BCUT2D eigenvalue weighted by atomic mass is 16.8. The summed E-state index contributed by atoms with van der Waals surface area (Å²) < 4.78 is 0. The van der Waals surface area contributed by atoms with Gasteiger partial charge in [0.05, 0.1) is 0 Å². The number of hydrogen-bond donors (Lipinski definition) is 3. The summed E-state index contributed by atoms with van der Waals surface area (Å²) in [4.78, 5) is 14.3. The Balaban J connectivity index is 0.000000271. The summed E-state index contributed by atoms with van der Waals surface area (Å²) >= 11 is 0. The number of hydrogen-bond acceptors (Lipinski definition) is 4. The van der Waals surface area contributed by atoms with Crippen molar-refractivity contribution >= 4 is 5.97 Å². The fourth-order valence-electron chi connectivity index (χ4n) is 0.285. The number of hydroxylamine groups is 1. The smallest absolute Gasteiger partial charge is 0.320 e. The van der Waals surface area contributed by atoms with Crippen molar-refractivity contribution in [2.45, 2.75) is 19.9 Å². The van der Waals surface area contributed by atoms with Crippen LogP contribution in [0.1, 0.15) is 13.8 Å². The molecule has 0 saturated carbocycles. The molecule has 0 aromatic carbocycles. The van der Waals surface area contributed by atoms with Crippen LogP contribution in [0.2, 0.25) is 0 Å². The van der Waals surface area contributed by atoms with E-state index in [1.807, 2.05) is 0 Å². The summed E-state index contributed by atoms with van der Waals surface area (Å²) in [6.45, 7) is 4.30. The molecule has 1 rings (SSSR count). The molecule has 66 valence electrons. The van der Waals surface area contributed by atoms with E-state index in [1.165, 1.54) is 0 Å². The van der Waals surface area contributed by atoms with Gasteiger partial charge in [-0.3, -0.25) is 9.63 Å². The molecule has 0 amide bonds. The summed E-state index contributed by atoms with van der Waals surface area (Å²) in [6, 6.07) is -0.713. The molecule has 1 aliphatic rings. The lowest BCUT2D eigenvalue weighted by atomic mass is 10.1. The molecule has 5 heteroatoms. The lowest BCUT2D eigenvalue weighted by molar-refractivity contribution is -0.139. The van der Waals surface area contributed by atoms with Crippen molar-refractivity contribution in [3.05, 3.63) is 0 Å². The fraction of sp³-hybridized carbons (Fsp3) is 0.833. The zero-order valence-corrected chi connectivity index (χ0v) is 6.70. The quantitative estimate of drug-likeness (QED) is 0.477. The maximum atomic E-state index is 10.0. The Morgan fingerprint density at radius 3 is 2.09 bits per heavy atom. The SMILES string of the molecule is C1NO1.CC(C)[C@H](N)C(=O)O. The van der Waals surface area contributed by atoms with Gasteiger partial charge < -0.3 is 10.8 Å². The minimum absolute atomic E-state index is 0.0208. The third-order valence-corrected chi connectivity index (χ3v) is 1.15. The van der Waals surface area contributed by atoms with Gasteiger partial charge in [-0.05, 0) is 5.92 Å². The van der Waals surface area contributed by atoms with Gasteiger partial charge in [-0.25, -0.2) is 0 Å². The largest absolute Gasteiger partial charge is 0.480 e. The van der Waals surface area contributed by atoms with E-state index in [4.69, 9.17) is 10.8 Å². The lowest BCUT2D eigenvalue weighted by Crippen LogP contribution is -2.34. The van der Waals surface area contributed by atoms with Crippen LogP contribution in [-0.4, -0.2) is 23.8 Å². The van der Waals surface area contributed by atoms with Crippen molar-refractivity contribution in [3.63, 3.8) is 0 Å². The van der Waals surface area contributed by atoms with Crippen LogP contribution in [-0.2, 0) is 9.63 Å². The molecular formula is C6H14N2O3. The predicted octanol–water partition coefficient (Wildman–Crippen LogP) is -0.467. The highest BCUT2D eigenvalue weighted by Crippen LogP contribution is 1.96. The maximum Gasteiger partial charge on any atom is 0.320 e. The van der Waals surface area contributed by atoms with Crippen molar-refractivity contribution in [1.29, 1.82) is 0 Å². The molecule has 0 bridgehead atoms. The number of nitrogens with two attached hydrogens (primary N) is 1. The van der Waals surface area contributed by atoms with E-state index in [9.17, 15) is 4.79 Å². The van der Waals surface area contributed by atoms with E-state index >= 15 is 0 Å². The Morgan fingerprint density at radius 2 is 2.09 bits per heavy atom. The van der Waals surface area contributed by atoms with Crippen LogP contribution in [0.25, 0.3) is 0 Å². The third kappa shape index (κ3) is 7.24. The Kier molecular flexibility index (Phi) is 4.76. The molecule has 0 radical (unpaired) electrons. The minimum Gasteiger partial charge on any atom is -0.480 e. The zero-order chi connectivity index (χ0) is 8.85. The lowest BCUT2D eigenvalue weighted by Gasteiger charge is -2.07. The second-order valence-corrected chi connectivity index (χ2v) is 2.54. The maximum absolute atomic E-state index is 10.0. The van der Waals surface area contributed by atoms with Gasteiger partial charge in [0.2, 0.25) is 0 Å². The monoisotopic (exact) mass is 162 g/mol. The van der Waals surface area contributed by atoms with E-state index < -0.39 is 12.0 Å². The number of aliphatic carboxylic acids is 1. The second kappa shape index (κ2) is 5.06. The van der Waals surface area contributed by atoms with Crippen molar-refractivity contribution < 1.29 is 14.7 Å². The number of carboxylic acids is 1. The van der Waals surface area contributed by atoms with Gasteiger partial charge >= 0.3 is 5.97 Å². The zero-order valence-electron chi connectivity index (χ0n) is 6.70. The second-order valence-electron chi connectivity index (χ2n) is 2.54. The van der Waals surface area contributed by atoms with E-state index in [1.54, 1.807) is 13.8 Å². The fourth-order valence-corrected chi connectivity index (χ4v) is 0.285. The number of carboxylic acid groups (broad SMARTS) is 1. The first-order valence-corrected chi connectivity index (χ1v) is 3.38. The van der Waals surface area contributed by atoms with Crippen LogP contribution in [0.3, 0.4) is 0 Å². The Labute approximate surface area is 65.5 Å². The first kappa shape index (κ1) is 10.3. The van der Waals surface area contributed by atoms with E-state index in [-0.39, 0.29) is 5.92 Å². The third-order valence-electron chi connectivity index (χ3n) is 1.15. The first-order valence-electron chi connectivity index (χ1n) is 3.38. The minimum atomic E-state index is -0.931. The first-order chi connectivity index (χ1) is 5.05. The van der Waals surface area contributed by atoms with Crippen molar-refractivity contribution in [1.82, 2.24) is 5.48 Å². The molecular weight excluding hydrogens is 148 g/mol. The highest BCUT2D eigenvalue weighted by molar-refractivity contribution is 5.73. The average molecular weight is 162 g/mol. The molecule has 0 aromatic rings. The predicted molar refractivity (Wildman–Crippen MR) is 39.5 cm³/mol. The van der Waals surface area contributed by atoms with Gasteiger partial charge in [0.15, 0.2) is 0 Å².